The summed E-state index contributed by atoms with van der Waals surface area (Å²) in [5, 5.41) is 3.10. The van der Waals surface area contributed by atoms with Crippen LogP contribution >= 0.6 is 24.0 Å². The molecule has 0 saturated carbocycles. The Kier molecular flexibility index (Phi) is 8.85. The first-order valence-electron chi connectivity index (χ1n) is 9.27. The van der Waals surface area contributed by atoms with Crippen molar-refractivity contribution in [1.29, 1.82) is 0 Å². The van der Waals surface area contributed by atoms with Crippen LogP contribution in [0.3, 0.4) is 0 Å². The average Bonchev–Trinajstić information content (AvgIpc) is 2.71. The van der Waals surface area contributed by atoms with E-state index in [-0.39, 0.29) is 24.0 Å². The van der Waals surface area contributed by atoms with Gasteiger partial charge in [-0.2, -0.15) is 0 Å². The fourth-order valence-corrected chi connectivity index (χ4v) is 3.33. The lowest BCUT2D eigenvalue weighted by Gasteiger charge is -2.28. The third kappa shape index (κ3) is 6.00. The van der Waals surface area contributed by atoms with Gasteiger partial charge in [0.25, 0.3) is 0 Å². The number of fused-ring (bicyclic) bond motifs is 1. The number of methoxy groups -OCH3 is 2. The van der Waals surface area contributed by atoms with Crippen molar-refractivity contribution in [3.05, 3.63) is 53.6 Å². The molecule has 1 aliphatic heterocycles. The van der Waals surface area contributed by atoms with Gasteiger partial charge in [0.05, 0.1) is 19.9 Å². The number of guanidine groups is 1. The Morgan fingerprint density at radius 3 is 2.68 bits per heavy atom. The topological polar surface area (TPSA) is 72.1 Å². The number of nitrogens with one attached hydrogen (secondary N) is 1. The predicted molar refractivity (Wildman–Crippen MR) is 125 cm³/mol. The van der Waals surface area contributed by atoms with Crippen molar-refractivity contribution in [3.63, 3.8) is 0 Å². The second kappa shape index (κ2) is 11.1. The highest BCUT2D eigenvalue weighted by molar-refractivity contribution is 14.0. The molecule has 2 aromatic carbocycles. The summed E-state index contributed by atoms with van der Waals surface area (Å²) in [6.07, 6.45) is 2.10. The van der Waals surface area contributed by atoms with E-state index in [1.54, 1.807) is 14.2 Å². The van der Waals surface area contributed by atoms with Crippen LogP contribution in [0.25, 0.3) is 0 Å². The van der Waals surface area contributed by atoms with Crippen LogP contribution in [0, 0.1) is 0 Å². The molecule has 0 aliphatic carbocycles. The van der Waals surface area contributed by atoms with Gasteiger partial charge in [-0.3, -0.25) is 9.89 Å². The fraction of sp³-hybridized carbons (Fsp3) is 0.381. The normalized spacial score (nSPS) is 14.0. The Morgan fingerprint density at radius 2 is 1.93 bits per heavy atom. The van der Waals surface area contributed by atoms with Crippen molar-refractivity contribution in [2.45, 2.75) is 19.4 Å². The number of hydrogen-bond donors (Lipinski definition) is 2. The van der Waals surface area contributed by atoms with Crippen molar-refractivity contribution in [2.75, 3.05) is 39.2 Å². The number of aliphatic imine (C=N–C) groups is 1. The maximum Gasteiger partial charge on any atom is 0.193 e. The molecule has 6 nitrogen and oxygen atoms in total. The van der Waals surface area contributed by atoms with Crippen LogP contribution in [0.2, 0.25) is 0 Å². The van der Waals surface area contributed by atoms with Gasteiger partial charge in [0.2, 0.25) is 0 Å². The zero-order valence-corrected chi connectivity index (χ0v) is 18.8. The van der Waals surface area contributed by atoms with E-state index in [4.69, 9.17) is 15.2 Å². The van der Waals surface area contributed by atoms with Crippen LogP contribution in [-0.2, 0) is 13.0 Å². The quantitative estimate of drug-likeness (QED) is 0.266. The summed E-state index contributed by atoms with van der Waals surface area (Å²) < 4.78 is 10.6. The SMILES string of the molecule is COc1ccc(OC)c(NC(N)=NCCCN2CCc3ccccc3C2)c1.I. The van der Waals surface area contributed by atoms with Crippen LogP contribution in [0.1, 0.15) is 17.5 Å². The van der Waals surface area contributed by atoms with E-state index < -0.39 is 0 Å². The molecular weight excluding hydrogens is 467 g/mol. The van der Waals surface area contributed by atoms with Crippen LogP contribution < -0.4 is 20.5 Å². The Morgan fingerprint density at radius 1 is 1.14 bits per heavy atom. The molecule has 3 rings (SSSR count). The standard InChI is InChI=1S/C21H28N4O2.HI/c1-26-18-8-9-20(27-2)19(14-18)24-21(22)23-11-5-12-25-13-10-16-6-3-4-7-17(16)15-25;/h3-4,6-9,14H,5,10-13,15H2,1-2H3,(H3,22,23,24);1H. The fourth-order valence-electron chi connectivity index (χ4n) is 3.33. The lowest BCUT2D eigenvalue weighted by Crippen LogP contribution is -2.31. The highest BCUT2D eigenvalue weighted by Crippen LogP contribution is 2.28. The summed E-state index contributed by atoms with van der Waals surface area (Å²) in [6, 6.07) is 14.2. The number of anilines is 1. The molecule has 0 unspecified atom stereocenters. The Bertz CT molecular complexity index is 798. The minimum absolute atomic E-state index is 0. The smallest absolute Gasteiger partial charge is 0.193 e. The number of nitrogens with two attached hydrogens (primary N) is 1. The molecular formula is C21H29IN4O2. The van der Waals surface area contributed by atoms with E-state index in [2.05, 4.69) is 39.5 Å². The van der Waals surface area contributed by atoms with Crippen LogP contribution in [0.15, 0.2) is 47.5 Å². The Hall–Kier alpha value is -2.00. The van der Waals surface area contributed by atoms with Crippen LogP contribution in [0.4, 0.5) is 5.69 Å². The summed E-state index contributed by atoms with van der Waals surface area (Å²) in [5.74, 6) is 1.81. The number of halogens is 1. The largest absolute Gasteiger partial charge is 0.497 e. The second-order valence-electron chi connectivity index (χ2n) is 6.61. The molecule has 0 bridgehead atoms. The van der Waals surface area contributed by atoms with E-state index in [0.29, 0.717) is 18.3 Å². The molecule has 0 radical (unpaired) electrons. The lowest BCUT2D eigenvalue weighted by molar-refractivity contribution is 0.253. The van der Waals surface area contributed by atoms with Gasteiger partial charge in [-0.15, -0.1) is 24.0 Å². The number of benzene rings is 2. The van der Waals surface area contributed by atoms with Gasteiger partial charge in [-0.25, -0.2) is 0 Å². The number of rotatable bonds is 7. The highest BCUT2D eigenvalue weighted by Gasteiger charge is 2.14. The second-order valence-corrected chi connectivity index (χ2v) is 6.61. The summed E-state index contributed by atoms with van der Waals surface area (Å²) in [6.45, 7) is 3.83. The van der Waals surface area contributed by atoms with Crippen molar-refractivity contribution in [3.8, 4) is 11.5 Å². The van der Waals surface area contributed by atoms with E-state index in [1.807, 2.05) is 18.2 Å². The number of ether oxygens (including phenoxy) is 2. The van der Waals surface area contributed by atoms with Gasteiger partial charge in [0.1, 0.15) is 11.5 Å². The summed E-state index contributed by atoms with van der Waals surface area (Å²) in [4.78, 5) is 6.92. The number of hydrogen-bond acceptors (Lipinski definition) is 4. The molecule has 28 heavy (non-hydrogen) atoms. The molecule has 1 aliphatic rings. The first kappa shape index (κ1) is 22.3. The van der Waals surface area contributed by atoms with Crippen molar-refractivity contribution >= 4 is 35.6 Å². The number of nitrogens with zero attached hydrogens (tertiary/aromatic N) is 2. The molecule has 7 heteroatoms. The zero-order valence-electron chi connectivity index (χ0n) is 16.5. The van der Waals surface area contributed by atoms with Crippen LogP contribution in [-0.4, -0.2) is 44.7 Å². The summed E-state index contributed by atoms with van der Waals surface area (Å²) in [7, 11) is 3.25. The molecule has 0 spiro atoms. The third-order valence-corrected chi connectivity index (χ3v) is 4.79. The van der Waals surface area contributed by atoms with Gasteiger partial charge in [0.15, 0.2) is 5.96 Å². The molecule has 1 heterocycles. The van der Waals surface area contributed by atoms with E-state index in [0.717, 1.165) is 43.9 Å². The molecule has 2 aromatic rings. The molecule has 152 valence electrons. The highest BCUT2D eigenvalue weighted by atomic mass is 127. The maximum absolute atomic E-state index is 6.03. The maximum atomic E-state index is 6.03. The first-order chi connectivity index (χ1) is 13.2. The average molecular weight is 496 g/mol. The molecule has 0 saturated heterocycles. The third-order valence-electron chi connectivity index (χ3n) is 4.79. The van der Waals surface area contributed by atoms with E-state index >= 15 is 0 Å². The molecule has 3 N–H and O–H groups in total. The summed E-state index contributed by atoms with van der Waals surface area (Å²) in [5.41, 5.74) is 9.70. The Labute approximate surface area is 184 Å². The molecule has 0 aromatic heterocycles. The van der Waals surface area contributed by atoms with Crippen molar-refractivity contribution < 1.29 is 9.47 Å². The Balaban J connectivity index is 0.00000280. The zero-order chi connectivity index (χ0) is 19.1. The lowest BCUT2D eigenvalue weighted by atomic mass is 10.00. The van der Waals surface area contributed by atoms with Crippen LogP contribution in [0.5, 0.6) is 11.5 Å². The van der Waals surface area contributed by atoms with E-state index in [9.17, 15) is 0 Å². The van der Waals surface area contributed by atoms with Gasteiger partial charge in [-0.1, -0.05) is 24.3 Å². The molecule has 0 fully saturated rings. The first-order valence-corrected chi connectivity index (χ1v) is 9.27. The minimum Gasteiger partial charge on any atom is -0.497 e. The summed E-state index contributed by atoms with van der Waals surface area (Å²) >= 11 is 0. The van der Waals surface area contributed by atoms with E-state index in [1.165, 1.54) is 11.1 Å². The van der Waals surface area contributed by atoms with Gasteiger partial charge >= 0.3 is 0 Å². The van der Waals surface area contributed by atoms with Gasteiger partial charge < -0.3 is 20.5 Å². The minimum atomic E-state index is 0. The molecule has 0 amide bonds. The van der Waals surface area contributed by atoms with Gasteiger partial charge in [0, 0.05) is 32.2 Å². The van der Waals surface area contributed by atoms with Gasteiger partial charge in [-0.05, 0) is 36.1 Å². The predicted octanol–water partition coefficient (Wildman–Crippen LogP) is 3.50. The molecule has 0 atom stereocenters. The van der Waals surface area contributed by atoms with Crippen molar-refractivity contribution in [2.24, 2.45) is 10.7 Å². The van der Waals surface area contributed by atoms with Crippen molar-refractivity contribution in [1.82, 2.24) is 4.90 Å². The monoisotopic (exact) mass is 496 g/mol.